The molecule has 0 saturated heterocycles. The van der Waals surface area contributed by atoms with E-state index >= 15 is 0 Å². The second kappa shape index (κ2) is 7.14. The van der Waals surface area contributed by atoms with Crippen molar-refractivity contribution in [3.63, 3.8) is 0 Å². The minimum Gasteiger partial charge on any atom is -0.351 e. The molecule has 106 valence electrons. The molecule has 0 saturated carbocycles. The van der Waals surface area contributed by atoms with Crippen molar-refractivity contribution in [2.45, 2.75) is 39.5 Å². The fourth-order valence-corrected chi connectivity index (χ4v) is 2.63. The molecule has 0 spiro atoms. The van der Waals surface area contributed by atoms with Gasteiger partial charge in [-0.1, -0.05) is 50.8 Å². The van der Waals surface area contributed by atoms with Gasteiger partial charge in [0.25, 0.3) is 0 Å². The fourth-order valence-electron chi connectivity index (χ4n) is 2.63. The van der Waals surface area contributed by atoms with E-state index in [1.165, 1.54) is 28.8 Å². The summed E-state index contributed by atoms with van der Waals surface area (Å²) in [6.45, 7) is 9.77. The monoisotopic (exact) mass is 267 g/mol. The molecule has 0 atom stereocenters. The molecule has 0 N–H and O–H groups in total. The zero-order valence-corrected chi connectivity index (χ0v) is 12.7. The average Bonchev–Trinajstić information content (AvgIpc) is 2.48. The Morgan fingerprint density at radius 2 is 1.80 bits per heavy atom. The first-order chi connectivity index (χ1) is 9.74. The molecule has 2 rings (SSSR count). The molecule has 0 amide bonds. The predicted molar refractivity (Wildman–Crippen MR) is 87.4 cm³/mol. The van der Waals surface area contributed by atoms with Gasteiger partial charge in [-0.05, 0) is 48.5 Å². The normalized spacial score (nSPS) is 15.1. The van der Waals surface area contributed by atoms with Crippen LogP contribution in [0.2, 0.25) is 0 Å². The topological polar surface area (TPSA) is 3.24 Å². The molecule has 0 radical (unpaired) electrons. The number of benzene rings is 1. The summed E-state index contributed by atoms with van der Waals surface area (Å²) in [6.07, 6.45) is 8.97. The van der Waals surface area contributed by atoms with Gasteiger partial charge in [0.15, 0.2) is 0 Å². The Hall–Kier alpha value is -1.76. The molecular weight excluding hydrogens is 242 g/mol. The lowest BCUT2D eigenvalue weighted by atomic mass is 9.96. The van der Waals surface area contributed by atoms with Crippen LogP contribution < -0.4 is 0 Å². The number of nitrogens with zero attached hydrogens (tertiary/aromatic N) is 1. The van der Waals surface area contributed by atoms with E-state index in [1.54, 1.807) is 0 Å². The summed E-state index contributed by atoms with van der Waals surface area (Å²) in [7, 11) is 0. The average molecular weight is 267 g/mol. The van der Waals surface area contributed by atoms with Gasteiger partial charge in [-0.2, -0.15) is 0 Å². The van der Waals surface area contributed by atoms with Gasteiger partial charge in [-0.3, -0.25) is 0 Å². The van der Waals surface area contributed by atoms with Crippen LogP contribution in [0, 0.1) is 0 Å². The summed E-state index contributed by atoms with van der Waals surface area (Å²) in [5.41, 5.74) is 5.35. The Morgan fingerprint density at radius 3 is 2.45 bits per heavy atom. The van der Waals surface area contributed by atoms with Crippen LogP contribution in [0.3, 0.4) is 0 Å². The van der Waals surface area contributed by atoms with Crippen LogP contribution >= 0.6 is 0 Å². The molecule has 0 aromatic heterocycles. The smallest absolute Gasteiger partial charge is 0.0219 e. The molecule has 0 fully saturated rings. The van der Waals surface area contributed by atoms with Crippen molar-refractivity contribution in [3.05, 3.63) is 71.6 Å². The second-order valence-electron chi connectivity index (χ2n) is 5.35. The first kappa shape index (κ1) is 14.6. The van der Waals surface area contributed by atoms with Gasteiger partial charge in [-0.25, -0.2) is 0 Å². The fraction of sp³-hybridized carbons (Fsp3) is 0.368. The van der Waals surface area contributed by atoms with E-state index < -0.39 is 0 Å². The van der Waals surface area contributed by atoms with Gasteiger partial charge >= 0.3 is 0 Å². The third-order valence-electron chi connectivity index (χ3n) is 3.79. The van der Waals surface area contributed by atoms with Crippen molar-refractivity contribution >= 4 is 0 Å². The molecule has 1 aromatic carbocycles. The van der Waals surface area contributed by atoms with Crippen molar-refractivity contribution in [1.82, 2.24) is 4.90 Å². The van der Waals surface area contributed by atoms with Gasteiger partial charge in [0, 0.05) is 18.4 Å². The van der Waals surface area contributed by atoms with Crippen molar-refractivity contribution < 1.29 is 0 Å². The number of allylic oxidation sites excluding steroid dienone is 4. The van der Waals surface area contributed by atoms with Crippen LogP contribution in [0.1, 0.15) is 38.7 Å². The maximum atomic E-state index is 4.23. The third-order valence-corrected chi connectivity index (χ3v) is 3.79. The highest BCUT2D eigenvalue weighted by Crippen LogP contribution is 2.27. The van der Waals surface area contributed by atoms with Crippen LogP contribution in [0.5, 0.6) is 0 Å². The minimum atomic E-state index is 1.07. The summed E-state index contributed by atoms with van der Waals surface area (Å²) in [6, 6.07) is 10.7. The highest BCUT2D eigenvalue weighted by atomic mass is 15.1. The minimum absolute atomic E-state index is 1.07. The Balaban J connectivity index is 2.05. The van der Waals surface area contributed by atoms with Gasteiger partial charge < -0.3 is 4.90 Å². The summed E-state index contributed by atoms with van der Waals surface area (Å²) in [5, 5.41) is 0. The Labute approximate surface area is 123 Å². The Bertz CT molecular complexity index is 508. The van der Waals surface area contributed by atoms with E-state index in [1.807, 2.05) is 0 Å². The Morgan fingerprint density at radius 1 is 1.05 bits per heavy atom. The summed E-state index contributed by atoms with van der Waals surface area (Å²) in [4.78, 5) is 2.40. The molecule has 1 nitrogen and oxygen atoms in total. The third kappa shape index (κ3) is 3.63. The first-order valence-electron chi connectivity index (χ1n) is 7.65. The summed E-state index contributed by atoms with van der Waals surface area (Å²) < 4.78 is 0. The quantitative estimate of drug-likeness (QED) is 0.695. The van der Waals surface area contributed by atoms with Gasteiger partial charge in [0.1, 0.15) is 0 Å². The van der Waals surface area contributed by atoms with Crippen molar-refractivity contribution in [2.75, 3.05) is 6.54 Å². The van der Waals surface area contributed by atoms with E-state index in [-0.39, 0.29) is 0 Å². The van der Waals surface area contributed by atoms with E-state index in [2.05, 4.69) is 67.9 Å². The molecule has 20 heavy (non-hydrogen) atoms. The van der Waals surface area contributed by atoms with Crippen LogP contribution in [0.25, 0.3) is 0 Å². The standard InChI is InChI=1S/C19H25N/c1-4-13-20-15-18(16(3)14-19(20)5-2)12-11-17-9-7-6-8-10-17/h6-10,14-15H,3-5,11-13H2,1-2H3. The highest BCUT2D eigenvalue weighted by molar-refractivity contribution is 5.43. The van der Waals surface area contributed by atoms with Crippen LogP contribution in [-0.4, -0.2) is 11.4 Å². The number of hydrogen-bond acceptors (Lipinski definition) is 1. The largest absolute Gasteiger partial charge is 0.351 e. The molecule has 0 bridgehead atoms. The van der Waals surface area contributed by atoms with Crippen LogP contribution in [0.4, 0.5) is 0 Å². The van der Waals surface area contributed by atoms with E-state index in [4.69, 9.17) is 0 Å². The number of rotatable bonds is 6. The number of hydrogen-bond donors (Lipinski definition) is 0. The summed E-state index contributed by atoms with van der Waals surface area (Å²) in [5.74, 6) is 0. The van der Waals surface area contributed by atoms with Gasteiger partial charge in [0.2, 0.25) is 0 Å². The molecule has 1 aliphatic heterocycles. The molecular formula is C19H25N. The lowest BCUT2D eigenvalue weighted by molar-refractivity contribution is 0.439. The lowest BCUT2D eigenvalue weighted by Gasteiger charge is -2.29. The van der Waals surface area contributed by atoms with Gasteiger partial charge in [-0.15, -0.1) is 0 Å². The van der Waals surface area contributed by atoms with Crippen molar-refractivity contribution in [1.29, 1.82) is 0 Å². The van der Waals surface area contributed by atoms with E-state index in [9.17, 15) is 0 Å². The zero-order valence-electron chi connectivity index (χ0n) is 12.7. The Kier molecular flexibility index (Phi) is 5.23. The maximum absolute atomic E-state index is 4.23. The predicted octanol–water partition coefficient (Wildman–Crippen LogP) is 5.08. The van der Waals surface area contributed by atoms with E-state index in [0.29, 0.717) is 0 Å². The molecule has 1 heterocycles. The SMILES string of the molecule is C=C1C=C(CC)N(CCC)C=C1CCc1ccccc1. The molecule has 0 unspecified atom stereocenters. The zero-order chi connectivity index (χ0) is 14.4. The first-order valence-corrected chi connectivity index (χ1v) is 7.65. The lowest BCUT2D eigenvalue weighted by Crippen LogP contribution is -2.21. The molecule has 1 aliphatic rings. The molecule has 1 heteroatoms. The van der Waals surface area contributed by atoms with Crippen LogP contribution in [-0.2, 0) is 6.42 Å². The maximum Gasteiger partial charge on any atom is 0.0219 e. The van der Waals surface area contributed by atoms with E-state index in [0.717, 1.165) is 25.8 Å². The van der Waals surface area contributed by atoms with Crippen LogP contribution in [0.15, 0.2) is 66.0 Å². The van der Waals surface area contributed by atoms with Crippen molar-refractivity contribution in [2.24, 2.45) is 0 Å². The number of aryl methyl sites for hydroxylation is 1. The summed E-state index contributed by atoms with van der Waals surface area (Å²) >= 11 is 0. The molecule has 0 aliphatic carbocycles. The second-order valence-corrected chi connectivity index (χ2v) is 5.35. The van der Waals surface area contributed by atoms with Crippen molar-refractivity contribution in [3.8, 4) is 0 Å². The highest BCUT2D eigenvalue weighted by Gasteiger charge is 2.14. The van der Waals surface area contributed by atoms with Gasteiger partial charge in [0.05, 0.1) is 0 Å². The molecule has 1 aromatic rings.